The Bertz CT molecular complexity index is 534. The molecule has 0 radical (unpaired) electrons. The van der Waals surface area contributed by atoms with Crippen molar-refractivity contribution in [2.24, 2.45) is 0 Å². The molecule has 2 heterocycles. The first-order valence-corrected chi connectivity index (χ1v) is 5.86. The molecule has 6 heteroatoms. The summed E-state index contributed by atoms with van der Waals surface area (Å²) in [6, 6.07) is 1.56. The van der Waals surface area contributed by atoms with Gasteiger partial charge >= 0.3 is 0 Å². The summed E-state index contributed by atoms with van der Waals surface area (Å²) in [6.45, 7) is 3.11. The SMILES string of the molecule is CC1(C)c2ccncc2C(=O)NS1(=O)=O. The van der Waals surface area contributed by atoms with Crippen LogP contribution in [-0.4, -0.2) is 19.3 Å². The summed E-state index contributed by atoms with van der Waals surface area (Å²) in [5.41, 5.74) is 0.804. The van der Waals surface area contributed by atoms with Crippen molar-refractivity contribution in [3.05, 3.63) is 29.6 Å². The number of carbonyl (C=O) groups is 1. The van der Waals surface area contributed by atoms with Crippen LogP contribution in [0.25, 0.3) is 0 Å². The second-order valence-electron chi connectivity index (χ2n) is 3.87. The van der Waals surface area contributed by atoms with Crippen LogP contribution in [0, 0.1) is 0 Å². The Morgan fingerprint density at radius 2 is 2.07 bits per heavy atom. The normalized spacial score (nSPS) is 21.6. The molecule has 1 aliphatic rings. The number of rotatable bonds is 0. The summed E-state index contributed by atoms with van der Waals surface area (Å²) in [5.74, 6) is -0.613. The van der Waals surface area contributed by atoms with Crippen LogP contribution >= 0.6 is 0 Å². The van der Waals surface area contributed by atoms with E-state index in [9.17, 15) is 13.2 Å². The highest BCUT2D eigenvalue weighted by molar-refractivity contribution is 7.91. The lowest BCUT2D eigenvalue weighted by molar-refractivity contribution is 0.0974. The van der Waals surface area contributed by atoms with Gasteiger partial charge in [-0.05, 0) is 25.5 Å². The van der Waals surface area contributed by atoms with Gasteiger partial charge in [0, 0.05) is 12.4 Å². The molecule has 5 nitrogen and oxygen atoms in total. The van der Waals surface area contributed by atoms with Gasteiger partial charge in [0.2, 0.25) is 10.0 Å². The number of sulfonamides is 1. The lowest BCUT2D eigenvalue weighted by Gasteiger charge is -2.31. The molecule has 1 aromatic rings. The van der Waals surface area contributed by atoms with Gasteiger partial charge in [-0.3, -0.25) is 9.78 Å². The predicted molar refractivity (Wildman–Crippen MR) is 53.6 cm³/mol. The van der Waals surface area contributed by atoms with Crippen molar-refractivity contribution < 1.29 is 13.2 Å². The second kappa shape index (κ2) is 2.79. The van der Waals surface area contributed by atoms with Gasteiger partial charge in [0.15, 0.2) is 0 Å². The van der Waals surface area contributed by atoms with E-state index < -0.39 is 20.7 Å². The van der Waals surface area contributed by atoms with Crippen molar-refractivity contribution in [2.75, 3.05) is 0 Å². The van der Waals surface area contributed by atoms with Crippen molar-refractivity contribution in [3.8, 4) is 0 Å². The molecule has 1 aromatic heterocycles. The Labute approximate surface area is 87.6 Å². The van der Waals surface area contributed by atoms with E-state index >= 15 is 0 Å². The van der Waals surface area contributed by atoms with E-state index in [-0.39, 0.29) is 0 Å². The van der Waals surface area contributed by atoms with Gasteiger partial charge in [0.25, 0.3) is 5.91 Å². The Balaban J connectivity index is 2.80. The molecule has 15 heavy (non-hydrogen) atoms. The minimum absolute atomic E-state index is 0.317. The van der Waals surface area contributed by atoms with Crippen molar-refractivity contribution in [3.63, 3.8) is 0 Å². The molecule has 0 atom stereocenters. The molecule has 0 fully saturated rings. The van der Waals surface area contributed by atoms with Crippen LogP contribution in [0.1, 0.15) is 29.8 Å². The third-order valence-electron chi connectivity index (χ3n) is 2.61. The highest BCUT2D eigenvalue weighted by atomic mass is 32.2. The Hall–Kier alpha value is -1.43. The van der Waals surface area contributed by atoms with Crippen LogP contribution in [0.4, 0.5) is 0 Å². The molecule has 0 unspecified atom stereocenters. The molecule has 0 aliphatic carbocycles. The van der Waals surface area contributed by atoms with E-state index in [1.54, 1.807) is 19.9 Å². The van der Waals surface area contributed by atoms with Crippen molar-refractivity contribution in [2.45, 2.75) is 18.6 Å². The molecule has 1 N–H and O–H groups in total. The summed E-state index contributed by atoms with van der Waals surface area (Å²) in [6.07, 6.45) is 2.86. The van der Waals surface area contributed by atoms with Crippen LogP contribution in [0.2, 0.25) is 0 Å². The highest BCUT2D eigenvalue weighted by Crippen LogP contribution is 2.34. The minimum atomic E-state index is -3.65. The number of nitrogens with one attached hydrogen (secondary N) is 1. The maximum absolute atomic E-state index is 11.7. The monoisotopic (exact) mass is 226 g/mol. The summed E-state index contributed by atoms with van der Waals surface area (Å²) < 4.78 is 24.3. The lowest BCUT2D eigenvalue weighted by Crippen LogP contribution is -2.48. The second-order valence-corrected chi connectivity index (χ2v) is 6.10. The topological polar surface area (TPSA) is 76.1 Å². The van der Waals surface area contributed by atoms with Crippen LogP contribution in [-0.2, 0) is 14.8 Å². The zero-order chi connectivity index (χ0) is 11.3. The quantitative estimate of drug-likeness (QED) is 0.694. The van der Waals surface area contributed by atoms with Crippen molar-refractivity contribution >= 4 is 15.9 Å². The van der Waals surface area contributed by atoms with Gasteiger partial charge < -0.3 is 0 Å². The van der Waals surface area contributed by atoms with Gasteiger partial charge in [0.1, 0.15) is 4.75 Å². The highest BCUT2D eigenvalue weighted by Gasteiger charge is 2.44. The number of amides is 1. The molecular formula is C9H10N2O3S. The molecule has 0 saturated heterocycles. The molecule has 0 bridgehead atoms. The Morgan fingerprint density at radius 1 is 1.40 bits per heavy atom. The molecule has 0 aromatic carbocycles. The third kappa shape index (κ3) is 1.25. The number of carbonyl (C=O) groups excluding carboxylic acids is 1. The zero-order valence-corrected chi connectivity index (χ0v) is 9.13. The molecule has 1 aliphatic heterocycles. The van der Waals surface area contributed by atoms with E-state index in [1.165, 1.54) is 12.4 Å². The van der Waals surface area contributed by atoms with Crippen molar-refractivity contribution in [1.82, 2.24) is 9.71 Å². The number of nitrogens with zero attached hydrogens (tertiary/aromatic N) is 1. The van der Waals surface area contributed by atoms with Gasteiger partial charge in [-0.15, -0.1) is 0 Å². The Morgan fingerprint density at radius 3 is 2.73 bits per heavy atom. The summed E-state index contributed by atoms with van der Waals surface area (Å²) >= 11 is 0. The fourth-order valence-electron chi connectivity index (χ4n) is 1.55. The number of aromatic nitrogens is 1. The van der Waals surface area contributed by atoms with Crippen LogP contribution in [0.5, 0.6) is 0 Å². The van der Waals surface area contributed by atoms with Gasteiger partial charge in [-0.2, -0.15) is 0 Å². The van der Waals surface area contributed by atoms with Gasteiger partial charge in [0.05, 0.1) is 5.56 Å². The van der Waals surface area contributed by atoms with E-state index in [1.807, 2.05) is 4.72 Å². The summed E-state index contributed by atoms with van der Waals surface area (Å²) in [5, 5.41) is 0. The average molecular weight is 226 g/mol. The van der Waals surface area contributed by atoms with Crippen LogP contribution < -0.4 is 4.72 Å². The molecule has 0 spiro atoms. The van der Waals surface area contributed by atoms with Crippen LogP contribution in [0.15, 0.2) is 18.5 Å². The first kappa shape index (κ1) is 10.1. The number of pyridine rings is 1. The van der Waals surface area contributed by atoms with Crippen molar-refractivity contribution in [1.29, 1.82) is 0 Å². The number of hydrogen-bond donors (Lipinski definition) is 1. The fourth-order valence-corrected chi connectivity index (χ4v) is 2.63. The summed E-state index contributed by atoms with van der Waals surface area (Å²) in [4.78, 5) is 15.3. The smallest absolute Gasteiger partial charge is 0.266 e. The standard InChI is InChI=1S/C9H10N2O3S/c1-9(2)7-3-4-10-5-6(7)8(12)11-15(9,13)14/h3-5H,1-2H3,(H,11,12). The predicted octanol–water partition coefficient (Wildman–Crippen LogP) is 0.390. The molecular weight excluding hydrogens is 216 g/mol. The van der Waals surface area contributed by atoms with E-state index in [0.29, 0.717) is 11.1 Å². The number of fused-ring (bicyclic) bond motifs is 1. The first-order valence-electron chi connectivity index (χ1n) is 4.37. The largest absolute Gasteiger partial charge is 0.268 e. The van der Waals surface area contributed by atoms with Gasteiger partial charge in [-0.25, -0.2) is 13.1 Å². The fraction of sp³-hybridized carbons (Fsp3) is 0.333. The zero-order valence-electron chi connectivity index (χ0n) is 8.31. The lowest BCUT2D eigenvalue weighted by atomic mass is 9.98. The molecule has 80 valence electrons. The molecule has 2 rings (SSSR count). The van der Waals surface area contributed by atoms with Crippen LogP contribution in [0.3, 0.4) is 0 Å². The maximum atomic E-state index is 11.7. The summed E-state index contributed by atoms with van der Waals surface area (Å²) in [7, 11) is -3.65. The van der Waals surface area contributed by atoms with E-state index in [0.717, 1.165) is 0 Å². The molecule has 1 amide bonds. The molecule has 0 saturated carbocycles. The average Bonchev–Trinajstić information content (AvgIpc) is 2.15. The Kier molecular flexibility index (Phi) is 1.88. The third-order valence-corrected chi connectivity index (χ3v) is 4.63. The minimum Gasteiger partial charge on any atom is -0.268 e. The number of hydrogen-bond acceptors (Lipinski definition) is 4. The van der Waals surface area contributed by atoms with E-state index in [2.05, 4.69) is 4.98 Å². The maximum Gasteiger partial charge on any atom is 0.266 e. The van der Waals surface area contributed by atoms with E-state index in [4.69, 9.17) is 0 Å². The first-order chi connectivity index (χ1) is 6.86. The van der Waals surface area contributed by atoms with Gasteiger partial charge in [-0.1, -0.05) is 0 Å².